The molecule has 2 aromatic carbocycles. The van der Waals surface area contributed by atoms with Crippen molar-refractivity contribution in [2.45, 2.75) is 20.0 Å². The van der Waals surface area contributed by atoms with E-state index in [1.807, 2.05) is 25.1 Å². The van der Waals surface area contributed by atoms with Crippen LogP contribution in [0, 0.1) is 6.92 Å². The predicted molar refractivity (Wildman–Crippen MR) is 76.8 cm³/mol. The molecule has 2 aromatic rings. The van der Waals surface area contributed by atoms with Crippen molar-refractivity contribution in [1.29, 1.82) is 0 Å². The maximum absolute atomic E-state index is 12.1. The number of aryl methyl sites for hydroxylation is 1. The Morgan fingerprint density at radius 3 is 2.20 bits per heavy atom. The molecule has 0 amide bonds. The molecule has 0 heterocycles. The maximum Gasteiger partial charge on any atom is 0.339 e. The summed E-state index contributed by atoms with van der Waals surface area (Å²) in [4.78, 5) is 24.2. The SMILES string of the molecule is Cc1ccccc1C(=O)OC(C)C(=O)c1ccccc1. The van der Waals surface area contributed by atoms with Crippen LogP contribution in [0.5, 0.6) is 0 Å². The van der Waals surface area contributed by atoms with E-state index in [9.17, 15) is 9.59 Å². The number of Topliss-reactive ketones (excluding diaryl/α,β-unsaturated/α-hetero) is 1. The highest BCUT2D eigenvalue weighted by molar-refractivity contribution is 6.01. The minimum Gasteiger partial charge on any atom is -0.451 e. The Morgan fingerprint density at radius 2 is 1.55 bits per heavy atom. The molecule has 3 heteroatoms. The second-order valence-corrected chi connectivity index (χ2v) is 4.59. The molecule has 0 aliphatic rings. The summed E-state index contributed by atoms with van der Waals surface area (Å²) in [5, 5.41) is 0. The van der Waals surface area contributed by atoms with Crippen molar-refractivity contribution in [1.82, 2.24) is 0 Å². The highest BCUT2D eigenvalue weighted by Crippen LogP contribution is 2.12. The second kappa shape index (κ2) is 6.15. The molecular weight excluding hydrogens is 252 g/mol. The lowest BCUT2D eigenvalue weighted by Gasteiger charge is -2.13. The van der Waals surface area contributed by atoms with E-state index in [-0.39, 0.29) is 5.78 Å². The smallest absolute Gasteiger partial charge is 0.339 e. The molecule has 2 rings (SSSR count). The molecule has 1 unspecified atom stereocenters. The van der Waals surface area contributed by atoms with Crippen LogP contribution < -0.4 is 0 Å². The molecule has 0 aliphatic heterocycles. The Kier molecular flexibility index (Phi) is 4.31. The fraction of sp³-hybridized carbons (Fsp3) is 0.176. The van der Waals surface area contributed by atoms with Crippen LogP contribution in [0.2, 0.25) is 0 Å². The topological polar surface area (TPSA) is 43.4 Å². The van der Waals surface area contributed by atoms with Crippen molar-refractivity contribution in [3.8, 4) is 0 Å². The van der Waals surface area contributed by atoms with Crippen molar-refractivity contribution >= 4 is 11.8 Å². The van der Waals surface area contributed by atoms with Gasteiger partial charge in [0.1, 0.15) is 0 Å². The van der Waals surface area contributed by atoms with E-state index in [1.54, 1.807) is 43.3 Å². The van der Waals surface area contributed by atoms with Crippen LogP contribution in [-0.2, 0) is 4.74 Å². The van der Waals surface area contributed by atoms with Gasteiger partial charge in [-0.1, -0.05) is 48.5 Å². The van der Waals surface area contributed by atoms with Gasteiger partial charge in [0.05, 0.1) is 5.56 Å². The molecule has 0 fully saturated rings. The standard InChI is InChI=1S/C17H16O3/c1-12-8-6-7-11-15(12)17(19)20-13(2)16(18)14-9-4-3-5-10-14/h3-11,13H,1-2H3. The predicted octanol–water partition coefficient (Wildman–Crippen LogP) is 3.42. The van der Waals surface area contributed by atoms with E-state index in [1.165, 1.54) is 0 Å². The third kappa shape index (κ3) is 3.12. The van der Waals surface area contributed by atoms with Crippen molar-refractivity contribution in [2.24, 2.45) is 0 Å². The van der Waals surface area contributed by atoms with Gasteiger partial charge in [0.2, 0.25) is 5.78 Å². The lowest BCUT2D eigenvalue weighted by molar-refractivity contribution is 0.0318. The van der Waals surface area contributed by atoms with Crippen LogP contribution in [0.15, 0.2) is 54.6 Å². The Labute approximate surface area is 118 Å². The van der Waals surface area contributed by atoms with Crippen molar-refractivity contribution in [3.63, 3.8) is 0 Å². The van der Waals surface area contributed by atoms with Gasteiger partial charge in [-0.15, -0.1) is 0 Å². The van der Waals surface area contributed by atoms with Crippen molar-refractivity contribution < 1.29 is 14.3 Å². The number of ether oxygens (including phenoxy) is 1. The summed E-state index contributed by atoms with van der Waals surface area (Å²) in [7, 11) is 0. The van der Waals surface area contributed by atoms with Gasteiger partial charge < -0.3 is 4.74 Å². The first-order valence-corrected chi connectivity index (χ1v) is 6.45. The number of ketones is 1. The number of esters is 1. The monoisotopic (exact) mass is 268 g/mol. The van der Waals surface area contributed by atoms with Gasteiger partial charge in [0, 0.05) is 5.56 Å². The molecule has 3 nitrogen and oxygen atoms in total. The zero-order chi connectivity index (χ0) is 14.5. The zero-order valence-corrected chi connectivity index (χ0v) is 11.5. The first-order valence-electron chi connectivity index (χ1n) is 6.45. The number of hydrogen-bond donors (Lipinski definition) is 0. The minimum atomic E-state index is -0.801. The average molecular weight is 268 g/mol. The third-order valence-electron chi connectivity index (χ3n) is 3.08. The summed E-state index contributed by atoms with van der Waals surface area (Å²) in [5.41, 5.74) is 1.86. The van der Waals surface area contributed by atoms with E-state index in [4.69, 9.17) is 4.74 Å². The van der Waals surface area contributed by atoms with Crippen LogP contribution in [0.4, 0.5) is 0 Å². The first kappa shape index (κ1) is 14.0. The summed E-state index contributed by atoms with van der Waals surface area (Å²) in [6.45, 7) is 3.42. The van der Waals surface area contributed by atoms with Gasteiger partial charge in [0.25, 0.3) is 0 Å². The molecule has 102 valence electrons. The lowest BCUT2D eigenvalue weighted by Crippen LogP contribution is -2.24. The van der Waals surface area contributed by atoms with E-state index in [2.05, 4.69) is 0 Å². The molecule has 0 N–H and O–H groups in total. The molecular formula is C17H16O3. The number of hydrogen-bond acceptors (Lipinski definition) is 3. The quantitative estimate of drug-likeness (QED) is 0.630. The van der Waals surface area contributed by atoms with Crippen LogP contribution in [-0.4, -0.2) is 17.9 Å². The summed E-state index contributed by atoms with van der Waals surface area (Å²) in [6.07, 6.45) is -0.801. The maximum atomic E-state index is 12.1. The Bertz CT molecular complexity index is 617. The minimum absolute atomic E-state index is 0.201. The number of rotatable bonds is 4. The van der Waals surface area contributed by atoms with Crippen LogP contribution in [0.1, 0.15) is 33.2 Å². The van der Waals surface area contributed by atoms with Gasteiger partial charge in [0.15, 0.2) is 6.10 Å². The average Bonchev–Trinajstić information content (AvgIpc) is 2.47. The Hall–Kier alpha value is -2.42. The molecule has 0 aliphatic carbocycles. The number of benzene rings is 2. The molecule has 0 saturated carbocycles. The van der Waals surface area contributed by atoms with Gasteiger partial charge in [-0.05, 0) is 25.5 Å². The highest BCUT2D eigenvalue weighted by Gasteiger charge is 2.20. The highest BCUT2D eigenvalue weighted by atomic mass is 16.5. The summed E-state index contributed by atoms with van der Waals surface area (Å²) in [6, 6.07) is 16.0. The summed E-state index contributed by atoms with van der Waals surface area (Å²) >= 11 is 0. The fourth-order valence-electron chi connectivity index (χ4n) is 1.92. The lowest BCUT2D eigenvalue weighted by atomic mass is 10.1. The molecule has 0 radical (unpaired) electrons. The summed E-state index contributed by atoms with van der Waals surface area (Å²) in [5.74, 6) is -0.674. The Balaban J connectivity index is 2.09. The third-order valence-corrected chi connectivity index (χ3v) is 3.08. The largest absolute Gasteiger partial charge is 0.451 e. The normalized spacial score (nSPS) is 11.7. The summed E-state index contributed by atoms with van der Waals surface area (Å²) < 4.78 is 5.24. The fourth-order valence-corrected chi connectivity index (χ4v) is 1.92. The first-order chi connectivity index (χ1) is 9.59. The van der Waals surface area contributed by atoms with Gasteiger partial charge >= 0.3 is 5.97 Å². The molecule has 20 heavy (non-hydrogen) atoms. The van der Waals surface area contributed by atoms with Crippen molar-refractivity contribution in [2.75, 3.05) is 0 Å². The van der Waals surface area contributed by atoms with Gasteiger partial charge in [-0.2, -0.15) is 0 Å². The van der Waals surface area contributed by atoms with E-state index in [0.717, 1.165) is 5.56 Å². The Morgan fingerprint density at radius 1 is 0.950 bits per heavy atom. The van der Waals surface area contributed by atoms with E-state index in [0.29, 0.717) is 11.1 Å². The van der Waals surface area contributed by atoms with Gasteiger partial charge in [-0.3, -0.25) is 4.79 Å². The van der Waals surface area contributed by atoms with E-state index >= 15 is 0 Å². The zero-order valence-electron chi connectivity index (χ0n) is 11.5. The number of carbonyl (C=O) groups is 2. The second-order valence-electron chi connectivity index (χ2n) is 4.59. The molecule has 0 bridgehead atoms. The molecule has 0 aromatic heterocycles. The molecule has 0 spiro atoms. The molecule has 0 saturated heterocycles. The van der Waals surface area contributed by atoms with Crippen LogP contribution >= 0.6 is 0 Å². The van der Waals surface area contributed by atoms with E-state index < -0.39 is 12.1 Å². The number of carbonyl (C=O) groups excluding carboxylic acids is 2. The van der Waals surface area contributed by atoms with Gasteiger partial charge in [-0.25, -0.2) is 4.79 Å². The van der Waals surface area contributed by atoms with Crippen LogP contribution in [0.3, 0.4) is 0 Å². The van der Waals surface area contributed by atoms with Crippen molar-refractivity contribution in [3.05, 3.63) is 71.3 Å². The van der Waals surface area contributed by atoms with Crippen LogP contribution in [0.25, 0.3) is 0 Å². The molecule has 1 atom stereocenters.